The predicted molar refractivity (Wildman–Crippen MR) is 145 cm³/mol. The van der Waals surface area contributed by atoms with Gasteiger partial charge in [0.1, 0.15) is 0 Å². The van der Waals surface area contributed by atoms with Gasteiger partial charge in [0.2, 0.25) is 0 Å². The van der Waals surface area contributed by atoms with Gasteiger partial charge in [-0.05, 0) is 0 Å². The van der Waals surface area contributed by atoms with Crippen molar-refractivity contribution in [1.29, 1.82) is 0 Å². The van der Waals surface area contributed by atoms with E-state index in [1.54, 1.807) is 24.6 Å². The SMILES string of the molecule is [B]=C(Nc1cccc(-c2csc(C)n2)c1)C(C)(c1ccc(-c2cncc(OC)c2)cc1)C(C)C. The number of hydrogen-bond donors (Lipinski definition) is 1. The fraction of sp³-hybridized carbons (Fsp3) is 0.250. The molecule has 4 rings (SSSR count). The minimum absolute atomic E-state index is 0.272. The molecule has 0 fully saturated rings. The van der Waals surface area contributed by atoms with E-state index in [2.05, 4.69) is 77.8 Å². The van der Waals surface area contributed by atoms with Crippen LogP contribution in [0.1, 0.15) is 31.3 Å². The second kappa shape index (κ2) is 9.94. The molecule has 34 heavy (non-hydrogen) atoms. The van der Waals surface area contributed by atoms with Gasteiger partial charge in [-0.3, -0.25) is 0 Å². The zero-order valence-corrected chi connectivity index (χ0v) is 21.1. The number of thiazole rings is 1. The Morgan fingerprint density at radius 1 is 1.03 bits per heavy atom. The van der Waals surface area contributed by atoms with Crippen molar-refractivity contribution in [2.24, 2.45) is 5.92 Å². The van der Waals surface area contributed by atoms with Crippen molar-refractivity contribution in [3.8, 4) is 28.1 Å². The molecule has 1 unspecified atom stereocenters. The molecule has 0 saturated heterocycles. The first kappa shape index (κ1) is 23.9. The van der Waals surface area contributed by atoms with Gasteiger partial charge in [0.25, 0.3) is 0 Å². The van der Waals surface area contributed by atoms with Crippen molar-refractivity contribution in [2.75, 3.05) is 12.4 Å². The van der Waals surface area contributed by atoms with E-state index in [0.717, 1.165) is 44.4 Å². The molecule has 0 bridgehead atoms. The molecule has 171 valence electrons. The second-order valence-electron chi connectivity index (χ2n) is 8.92. The van der Waals surface area contributed by atoms with E-state index in [0.29, 0.717) is 5.59 Å². The van der Waals surface area contributed by atoms with Crippen LogP contribution in [0.15, 0.2) is 72.4 Å². The van der Waals surface area contributed by atoms with Gasteiger partial charge in [0.05, 0.1) is 0 Å². The Kier molecular flexibility index (Phi) is 6.99. The Morgan fingerprint density at radius 2 is 1.79 bits per heavy atom. The average Bonchev–Trinajstić information content (AvgIpc) is 3.30. The number of benzene rings is 2. The number of nitrogens with zero attached hydrogens (tertiary/aromatic N) is 2. The first-order chi connectivity index (χ1) is 16.3. The van der Waals surface area contributed by atoms with Crippen molar-refractivity contribution in [2.45, 2.75) is 33.1 Å². The normalized spacial score (nSPS) is 12.9. The van der Waals surface area contributed by atoms with Gasteiger partial charge in [-0.15, -0.1) is 0 Å². The fourth-order valence-corrected chi connectivity index (χ4v) is 4.66. The minimum atomic E-state index is -0.377. The molecule has 0 spiro atoms. The maximum atomic E-state index is 6.76. The van der Waals surface area contributed by atoms with Crippen LogP contribution in [0.5, 0.6) is 5.75 Å². The summed E-state index contributed by atoms with van der Waals surface area (Å²) in [6.07, 6.45) is 3.55. The number of pyridine rings is 1. The van der Waals surface area contributed by atoms with E-state index in [-0.39, 0.29) is 11.3 Å². The fourth-order valence-electron chi connectivity index (χ4n) is 4.03. The third kappa shape index (κ3) is 4.83. The van der Waals surface area contributed by atoms with Crippen molar-refractivity contribution in [3.63, 3.8) is 0 Å². The molecule has 0 aliphatic carbocycles. The van der Waals surface area contributed by atoms with Crippen LogP contribution in [0.2, 0.25) is 0 Å². The molecule has 0 saturated carbocycles. The number of nitrogens with one attached hydrogen (secondary N) is 1. The third-order valence-corrected chi connectivity index (χ3v) is 7.31. The summed E-state index contributed by atoms with van der Waals surface area (Å²) in [5.41, 5.74) is 6.59. The second-order valence-corrected chi connectivity index (χ2v) is 9.98. The average molecular weight is 466 g/mol. The van der Waals surface area contributed by atoms with Gasteiger partial charge < -0.3 is 0 Å². The molecule has 6 heteroatoms. The standard InChI is InChI=1S/C28H29BN3OS/c1-18(2)28(4,23-11-9-20(10-12-23)22-14-25(33-5)16-30-15-22)27(29)32-24-8-6-7-21(13-24)26-17-34-19(3)31-26/h6-18,32H,1-5H3. The Balaban J connectivity index is 1.60. The summed E-state index contributed by atoms with van der Waals surface area (Å²) in [7, 11) is 8.41. The van der Waals surface area contributed by atoms with Gasteiger partial charge in [0.15, 0.2) is 0 Å². The molecule has 2 aromatic heterocycles. The van der Waals surface area contributed by atoms with Gasteiger partial charge >= 0.3 is 207 Å². The number of ether oxygens (including phenoxy) is 1. The summed E-state index contributed by atoms with van der Waals surface area (Å²) >= 11 is 1.65. The van der Waals surface area contributed by atoms with Gasteiger partial charge in [-0.25, -0.2) is 0 Å². The Labute approximate surface area is 207 Å². The summed E-state index contributed by atoms with van der Waals surface area (Å²) < 4.78 is 5.32. The Bertz CT molecular complexity index is 1300. The summed E-state index contributed by atoms with van der Waals surface area (Å²) in [5, 5.41) is 6.62. The first-order valence-corrected chi connectivity index (χ1v) is 12.2. The van der Waals surface area contributed by atoms with Crippen molar-refractivity contribution in [1.82, 2.24) is 9.97 Å². The summed E-state index contributed by atoms with van der Waals surface area (Å²) in [5.74, 6) is 1.01. The quantitative estimate of drug-likeness (QED) is 0.301. The molecule has 1 N–H and O–H groups in total. The van der Waals surface area contributed by atoms with E-state index >= 15 is 0 Å². The van der Waals surface area contributed by atoms with Gasteiger partial charge in [0, 0.05) is 0 Å². The van der Waals surface area contributed by atoms with Crippen LogP contribution in [0.4, 0.5) is 5.69 Å². The van der Waals surface area contributed by atoms with Crippen LogP contribution in [0.25, 0.3) is 22.4 Å². The Morgan fingerprint density at radius 3 is 2.44 bits per heavy atom. The first-order valence-electron chi connectivity index (χ1n) is 11.3. The third-order valence-electron chi connectivity index (χ3n) is 6.54. The van der Waals surface area contributed by atoms with E-state index in [4.69, 9.17) is 12.2 Å². The maximum absolute atomic E-state index is 6.76. The van der Waals surface area contributed by atoms with Crippen LogP contribution < -0.4 is 10.1 Å². The zero-order valence-electron chi connectivity index (χ0n) is 20.3. The summed E-state index contributed by atoms with van der Waals surface area (Å²) in [6.45, 7) is 8.60. The molecular formula is C28H29BN3OS. The van der Waals surface area contributed by atoms with E-state index in [1.165, 1.54) is 0 Å². The molecule has 2 heterocycles. The molecule has 0 aliphatic heterocycles. The number of hydrogen-bond acceptors (Lipinski definition) is 5. The van der Waals surface area contributed by atoms with E-state index < -0.39 is 0 Å². The number of aryl methyl sites for hydroxylation is 1. The molecule has 2 aromatic carbocycles. The summed E-state index contributed by atoms with van der Waals surface area (Å²) in [4.78, 5) is 8.88. The van der Waals surface area contributed by atoms with Gasteiger partial charge in [-0.2, -0.15) is 0 Å². The number of methoxy groups -OCH3 is 1. The Hall–Kier alpha value is -3.25. The molecule has 1 atom stereocenters. The van der Waals surface area contributed by atoms with Crippen LogP contribution in [-0.4, -0.2) is 30.2 Å². The topological polar surface area (TPSA) is 47.0 Å². The molecule has 0 aliphatic rings. The number of aromatic nitrogens is 2. The van der Waals surface area contributed by atoms with Gasteiger partial charge in [-0.1, -0.05) is 0 Å². The van der Waals surface area contributed by atoms with E-state index in [9.17, 15) is 0 Å². The predicted octanol–water partition coefficient (Wildman–Crippen LogP) is 6.51. The van der Waals surface area contributed by atoms with Crippen molar-refractivity contribution in [3.05, 3.63) is 82.9 Å². The van der Waals surface area contributed by atoms with Crippen LogP contribution in [-0.2, 0) is 5.41 Å². The molecule has 4 nitrogen and oxygen atoms in total. The molecule has 1 radical (unpaired) electrons. The monoisotopic (exact) mass is 466 g/mol. The van der Waals surface area contributed by atoms with E-state index in [1.807, 2.05) is 31.3 Å². The number of anilines is 1. The summed E-state index contributed by atoms with van der Waals surface area (Å²) in [6, 6.07) is 18.8. The molecule has 4 aromatic rings. The van der Waals surface area contributed by atoms with Crippen LogP contribution in [0, 0.1) is 12.8 Å². The number of rotatable bonds is 8. The van der Waals surface area contributed by atoms with Crippen molar-refractivity contribution >= 4 is 30.1 Å². The zero-order chi connectivity index (χ0) is 24.3. The molecule has 0 amide bonds. The molecular weight excluding hydrogens is 437 g/mol. The van der Waals surface area contributed by atoms with Crippen LogP contribution >= 0.6 is 11.3 Å². The van der Waals surface area contributed by atoms with Crippen LogP contribution in [0.3, 0.4) is 0 Å². The van der Waals surface area contributed by atoms with Crippen molar-refractivity contribution < 1.29 is 4.74 Å².